The minimum atomic E-state index is 0.511. The van der Waals surface area contributed by atoms with Crippen molar-refractivity contribution in [1.29, 1.82) is 0 Å². The smallest absolute Gasteiger partial charge is 0.190 e. The second-order valence-corrected chi connectivity index (χ2v) is 9.42. The molecule has 0 aromatic carbocycles. The Bertz CT molecular complexity index is 588. The minimum Gasteiger partial charge on any atom is -0.215 e. The van der Waals surface area contributed by atoms with Crippen LogP contribution in [0.2, 0.25) is 0 Å². The Labute approximate surface area is 127 Å². The summed E-state index contributed by atoms with van der Waals surface area (Å²) in [6.07, 6.45) is 0. The van der Waals surface area contributed by atoms with E-state index in [0.29, 0.717) is 10.5 Å². The van der Waals surface area contributed by atoms with Crippen molar-refractivity contribution >= 4 is 45.1 Å². The van der Waals surface area contributed by atoms with Gasteiger partial charge in [-0.3, -0.25) is 0 Å². The van der Waals surface area contributed by atoms with Crippen molar-refractivity contribution in [2.45, 2.75) is 62.2 Å². The van der Waals surface area contributed by atoms with Crippen LogP contribution in [0.1, 0.15) is 38.1 Å². The number of aromatic nitrogens is 2. The first kappa shape index (κ1) is 15.1. The molecule has 0 atom stereocenters. The summed E-state index contributed by atoms with van der Waals surface area (Å²) in [5, 5.41) is 4.36. The Kier molecular flexibility index (Phi) is 4.79. The third-order valence-electron chi connectivity index (χ3n) is 2.66. The average molecular weight is 313 g/mol. The molecule has 0 aliphatic rings. The van der Waals surface area contributed by atoms with Crippen molar-refractivity contribution in [2.24, 2.45) is 0 Å². The maximum absolute atomic E-state index is 4.78. The summed E-state index contributed by atoms with van der Waals surface area (Å²) in [7, 11) is 0. The number of thioether (sulfide) groups is 2. The molecule has 5 heteroatoms. The molecule has 0 saturated carbocycles. The van der Waals surface area contributed by atoms with Crippen molar-refractivity contribution in [3.8, 4) is 0 Å². The number of hydrogen-bond donors (Lipinski definition) is 0. The number of aryl methyl sites for hydroxylation is 2. The molecule has 0 bridgehead atoms. The fourth-order valence-electron chi connectivity index (χ4n) is 1.77. The van der Waals surface area contributed by atoms with Crippen molar-refractivity contribution in [1.82, 2.24) is 9.97 Å². The summed E-state index contributed by atoms with van der Waals surface area (Å²) in [5.41, 5.74) is 1.34. The Balaban J connectivity index is 2.58. The molecular formula is C14H20N2S3. The van der Waals surface area contributed by atoms with Crippen LogP contribution in [0.4, 0.5) is 0 Å². The first-order valence-electron chi connectivity index (χ1n) is 6.49. The van der Waals surface area contributed by atoms with Gasteiger partial charge >= 0.3 is 0 Å². The molecule has 104 valence electrons. The third-order valence-corrected chi connectivity index (χ3v) is 5.62. The van der Waals surface area contributed by atoms with Crippen molar-refractivity contribution in [3.63, 3.8) is 0 Å². The Hall–Kier alpha value is -0.260. The molecule has 0 N–H and O–H groups in total. The van der Waals surface area contributed by atoms with Crippen LogP contribution in [-0.2, 0) is 0 Å². The van der Waals surface area contributed by atoms with E-state index in [-0.39, 0.29) is 0 Å². The second-order valence-electron chi connectivity index (χ2n) is 5.11. The second kappa shape index (κ2) is 6.02. The van der Waals surface area contributed by atoms with Gasteiger partial charge in [0.1, 0.15) is 9.86 Å². The molecule has 0 unspecified atom stereocenters. The Morgan fingerprint density at radius 3 is 2.16 bits per heavy atom. The number of thiophene rings is 1. The van der Waals surface area contributed by atoms with E-state index in [1.54, 1.807) is 23.1 Å². The van der Waals surface area contributed by atoms with Crippen molar-refractivity contribution in [3.05, 3.63) is 10.4 Å². The summed E-state index contributed by atoms with van der Waals surface area (Å²) in [4.78, 5) is 12.0. The van der Waals surface area contributed by atoms with Gasteiger partial charge in [-0.15, -0.1) is 23.1 Å². The van der Waals surface area contributed by atoms with E-state index in [0.717, 1.165) is 15.0 Å². The van der Waals surface area contributed by atoms with E-state index >= 15 is 0 Å². The molecule has 0 spiro atoms. The molecule has 0 aliphatic heterocycles. The first-order valence-corrected chi connectivity index (χ1v) is 9.07. The average Bonchev–Trinajstić information content (AvgIpc) is 2.52. The third kappa shape index (κ3) is 3.44. The van der Waals surface area contributed by atoms with Crippen molar-refractivity contribution in [2.75, 3.05) is 0 Å². The molecule has 2 rings (SSSR count). The van der Waals surface area contributed by atoms with Gasteiger partial charge in [-0.1, -0.05) is 39.5 Å². The van der Waals surface area contributed by atoms with Crippen LogP contribution in [0.15, 0.2) is 10.2 Å². The van der Waals surface area contributed by atoms with Gasteiger partial charge < -0.3 is 0 Å². The fourth-order valence-corrected chi connectivity index (χ4v) is 4.64. The molecule has 0 amide bonds. The Morgan fingerprint density at radius 1 is 0.947 bits per heavy atom. The normalized spacial score (nSPS) is 12.0. The van der Waals surface area contributed by atoms with Gasteiger partial charge in [0, 0.05) is 20.8 Å². The van der Waals surface area contributed by atoms with E-state index in [9.17, 15) is 0 Å². The minimum absolute atomic E-state index is 0.511. The molecule has 0 fully saturated rings. The lowest BCUT2D eigenvalue weighted by Gasteiger charge is -2.09. The van der Waals surface area contributed by atoms with Crippen LogP contribution >= 0.6 is 34.9 Å². The fraction of sp³-hybridized carbons (Fsp3) is 0.571. The van der Waals surface area contributed by atoms with Gasteiger partial charge in [0.2, 0.25) is 0 Å². The van der Waals surface area contributed by atoms with Crippen LogP contribution < -0.4 is 0 Å². The number of fused-ring (bicyclic) bond motifs is 1. The number of nitrogens with zero attached hydrogens (tertiary/aromatic N) is 2. The highest BCUT2D eigenvalue weighted by Crippen LogP contribution is 2.38. The topological polar surface area (TPSA) is 25.8 Å². The van der Waals surface area contributed by atoms with Gasteiger partial charge in [0.05, 0.1) is 0 Å². The van der Waals surface area contributed by atoms with Gasteiger partial charge in [-0.05, 0) is 19.4 Å². The molecular weight excluding hydrogens is 292 g/mol. The van der Waals surface area contributed by atoms with Crippen LogP contribution in [0.25, 0.3) is 10.2 Å². The lowest BCUT2D eigenvalue weighted by atomic mass is 10.2. The monoisotopic (exact) mass is 312 g/mol. The number of rotatable bonds is 4. The van der Waals surface area contributed by atoms with E-state index in [4.69, 9.17) is 9.97 Å². The van der Waals surface area contributed by atoms with Crippen molar-refractivity contribution < 1.29 is 0 Å². The summed E-state index contributed by atoms with van der Waals surface area (Å²) < 4.78 is 0. The molecule has 0 radical (unpaired) electrons. The summed E-state index contributed by atoms with van der Waals surface area (Å²) in [6.45, 7) is 13.1. The predicted octanol–water partition coefficient (Wildman–Crippen LogP) is 5.31. The zero-order valence-electron chi connectivity index (χ0n) is 12.3. The maximum Gasteiger partial charge on any atom is 0.190 e. The molecule has 2 aromatic heterocycles. The standard InChI is InChI=1S/C14H20N2S3/c1-7(2)17-12-11-9(5)10(6)19-13(11)16-14(15-12)18-8(3)4/h7-8H,1-6H3. The highest BCUT2D eigenvalue weighted by atomic mass is 32.2. The quantitative estimate of drug-likeness (QED) is 0.434. The van der Waals surface area contributed by atoms with E-state index in [1.165, 1.54) is 15.8 Å². The Morgan fingerprint density at radius 2 is 1.58 bits per heavy atom. The molecule has 2 heterocycles. The molecule has 2 nitrogen and oxygen atoms in total. The summed E-state index contributed by atoms with van der Waals surface area (Å²) in [5.74, 6) is 0. The van der Waals surface area contributed by atoms with Gasteiger partial charge in [0.15, 0.2) is 5.16 Å². The molecule has 0 saturated heterocycles. The zero-order valence-corrected chi connectivity index (χ0v) is 14.7. The highest BCUT2D eigenvalue weighted by molar-refractivity contribution is 8.00. The first-order chi connectivity index (χ1) is 8.88. The number of hydrogen-bond acceptors (Lipinski definition) is 5. The van der Waals surface area contributed by atoms with Gasteiger partial charge in [-0.2, -0.15) is 0 Å². The van der Waals surface area contributed by atoms with E-state index in [2.05, 4.69) is 41.5 Å². The SMILES string of the molecule is Cc1sc2nc(SC(C)C)nc(SC(C)C)c2c1C. The van der Waals surface area contributed by atoms with Crippen LogP contribution in [0, 0.1) is 13.8 Å². The van der Waals surface area contributed by atoms with E-state index in [1.807, 2.05) is 11.8 Å². The molecule has 19 heavy (non-hydrogen) atoms. The maximum atomic E-state index is 4.78. The van der Waals surface area contributed by atoms with Crippen LogP contribution in [0.5, 0.6) is 0 Å². The molecule has 0 aliphatic carbocycles. The highest BCUT2D eigenvalue weighted by Gasteiger charge is 2.16. The predicted molar refractivity (Wildman–Crippen MR) is 88.9 cm³/mol. The lowest BCUT2D eigenvalue weighted by molar-refractivity contribution is 0.921. The van der Waals surface area contributed by atoms with Gasteiger partial charge in [-0.25, -0.2) is 9.97 Å². The largest absolute Gasteiger partial charge is 0.215 e. The van der Waals surface area contributed by atoms with Gasteiger partial charge in [0.25, 0.3) is 0 Å². The van der Waals surface area contributed by atoms with Crippen LogP contribution in [0.3, 0.4) is 0 Å². The van der Waals surface area contributed by atoms with E-state index < -0.39 is 0 Å². The molecule has 2 aromatic rings. The lowest BCUT2D eigenvalue weighted by Crippen LogP contribution is -1.97. The van der Waals surface area contributed by atoms with Crippen LogP contribution in [-0.4, -0.2) is 20.5 Å². The summed E-state index contributed by atoms with van der Waals surface area (Å²) >= 11 is 5.36. The zero-order chi connectivity index (χ0) is 14.2. The summed E-state index contributed by atoms with van der Waals surface area (Å²) in [6, 6.07) is 0.